The van der Waals surface area contributed by atoms with Gasteiger partial charge in [0, 0.05) is 26.4 Å². The van der Waals surface area contributed by atoms with Crippen molar-refractivity contribution in [2.45, 2.75) is 38.3 Å². The molecule has 0 N–H and O–H groups in total. The van der Waals surface area contributed by atoms with E-state index in [-0.39, 0.29) is 0 Å². The molecule has 0 amide bonds. The maximum absolute atomic E-state index is 5.82. The standard InChI is InChI=1S/C8H18O3Si/c1-4-8-6-5-7-12(9-2,10-3)11-8/h8H,4-7H2,1-3H3. The van der Waals surface area contributed by atoms with Crippen LogP contribution in [0.25, 0.3) is 0 Å². The zero-order valence-corrected chi connectivity index (χ0v) is 9.13. The Morgan fingerprint density at radius 3 is 2.58 bits per heavy atom. The van der Waals surface area contributed by atoms with E-state index in [4.69, 9.17) is 13.3 Å². The van der Waals surface area contributed by atoms with Crippen LogP contribution in [0, 0.1) is 0 Å². The first-order chi connectivity index (χ1) is 5.76. The predicted octanol–water partition coefficient (Wildman–Crippen LogP) is 1.81. The van der Waals surface area contributed by atoms with Crippen LogP contribution in [0.15, 0.2) is 0 Å². The van der Waals surface area contributed by atoms with Gasteiger partial charge in [-0.15, -0.1) is 0 Å². The van der Waals surface area contributed by atoms with E-state index in [0.29, 0.717) is 6.10 Å². The van der Waals surface area contributed by atoms with Gasteiger partial charge in [-0.25, -0.2) is 0 Å². The van der Waals surface area contributed by atoms with E-state index in [2.05, 4.69) is 6.92 Å². The van der Waals surface area contributed by atoms with Crippen molar-refractivity contribution in [1.29, 1.82) is 0 Å². The topological polar surface area (TPSA) is 27.7 Å². The molecule has 72 valence electrons. The summed E-state index contributed by atoms with van der Waals surface area (Å²) in [6, 6.07) is 0.969. The smallest absolute Gasteiger partial charge is 0.377 e. The molecule has 3 nitrogen and oxygen atoms in total. The molecule has 0 aromatic carbocycles. The molecular formula is C8H18O3Si. The van der Waals surface area contributed by atoms with Gasteiger partial charge < -0.3 is 13.3 Å². The second kappa shape index (κ2) is 4.37. The van der Waals surface area contributed by atoms with Crippen LogP contribution in [0.2, 0.25) is 6.04 Å². The summed E-state index contributed by atoms with van der Waals surface area (Å²) >= 11 is 0. The quantitative estimate of drug-likeness (QED) is 0.635. The highest BCUT2D eigenvalue weighted by Crippen LogP contribution is 2.28. The summed E-state index contributed by atoms with van der Waals surface area (Å²) < 4.78 is 16.5. The Balaban J connectivity index is 2.52. The van der Waals surface area contributed by atoms with Crippen molar-refractivity contribution in [2.75, 3.05) is 14.2 Å². The van der Waals surface area contributed by atoms with Crippen LogP contribution in [0.4, 0.5) is 0 Å². The first kappa shape index (κ1) is 10.2. The van der Waals surface area contributed by atoms with Crippen molar-refractivity contribution in [1.82, 2.24) is 0 Å². The number of hydrogen-bond donors (Lipinski definition) is 0. The second-order valence-corrected chi connectivity index (χ2v) is 6.05. The van der Waals surface area contributed by atoms with Gasteiger partial charge in [0.1, 0.15) is 0 Å². The van der Waals surface area contributed by atoms with Crippen LogP contribution in [-0.4, -0.2) is 29.1 Å². The summed E-state index contributed by atoms with van der Waals surface area (Å²) in [4.78, 5) is 0. The molecule has 1 fully saturated rings. The summed E-state index contributed by atoms with van der Waals surface area (Å²) in [5, 5.41) is 0. The minimum absolute atomic E-state index is 0.352. The largest absolute Gasteiger partial charge is 0.500 e. The van der Waals surface area contributed by atoms with Crippen LogP contribution in [0.1, 0.15) is 26.2 Å². The lowest BCUT2D eigenvalue weighted by Crippen LogP contribution is -2.49. The fraction of sp³-hybridized carbons (Fsp3) is 1.00. The van der Waals surface area contributed by atoms with E-state index in [1.807, 2.05) is 0 Å². The maximum Gasteiger partial charge on any atom is 0.500 e. The lowest BCUT2D eigenvalue weighted by Gasteiger charge is -2.34. The molecule has 1 saturated heterocycles. The van der Waals surface area contributed by atoms with Gasteiger partial charge in [-0.2, -0.15) is 0 Å². The second-order valence-electron chi connectivity index (χ2n) is 3.13. The van der Waals surface area contributed by atoms with Gasteiger partial charge in [-0.3, -0.25) is 0 Å². The molecule has 0 spiro atoms. The highest BCUT2D eigenvalue weighted by atomic mass is 28.4. The third-order valence-corrected chi connectivity index (χ3v) is 5.34. The van der Waals surface area contributed by atoms with Crippen molar-refractivity contribution < 1.29 is 13.3 Å². The van der Waals surface area contributed by atoms with Crippen molar-refractivity contribution in [2.24, 2.45) is 0 Å². The molecule has 0 bridgehead atoms. The van der Waals surface area contributed by atoms with Gasteiger partial charge >= 0.3 is 8.80 Å². The molecule has 0 aliphatic carbocycles. The van der Waals surface area contributed by atoms with E-state index in [9.17, 15) is 0 Å². The first-order valence-electron chi connectivity index (χ1n) is 4.54. The van der Waals surface area contributed by atoms with Crippen molar-refractivity contribution in [3.63, 3.8) is 0 Å². The highest BCUT2D eigenvalue weighted by Gasteiger charge is 2.43. The van der Waals surface area contributed by atoms with Crippen molar-refractivity contribution >= 4 is 8.80 Å². The fourth-order valence-corrected chi connectivity index (χ4v) is 3.90. The monoisotopic (exact) mass is 190 g/mol. The van der Waals surface area contributed by atoms with Crippen LogP contribution in [0.3, 0.4) is 0 Å². The van der Waals surface area contributed by atoms with Gasteiger partial charge in [-0.05, 0) is 19.3 Å². The fourth-order valence-electron chi connectivity index (χ4n) is 1.59. The summed E-state index contributed by atoms with van der Waals surface area (Å²) in [6.45, 7) is 2.14. The Labute approximate surface area is 75.4 Å². The number of rotatable bonds is 3. The summed E-state index contributed by atoms with van der Waals surface area (Å²) in [5.41, 5.74) is 0. The van der Waals surface area contributed by atoms with Gasteiger partial charge in [0.25, 0.3) is 0 Å². The first-order valence-corrected chi connectivity index (χ1v) is 6.47. The molecular weight excluding hydrogens is 172 g/mol. The lowest BCUT2D eigenvalue weighted by molar-refractivity contribution is 0.0321. The Morgan fingerprint density at radius 1 is 1.42 bits per heavy atom. The van der Waals surface area contributed by atoms with E-state index >= 15 is 0 Å². The maximum atomic E-state index is 5.82. The van der Waals surface area contributed by atoms with E-state index in [1.165, 1.54) is 6.42 Å². The third kappa shape index (κ3) is 2.07. The molecule has 4 heteroatoms. The minimum Gasteiger partial charge on any atom is -0.377 e. The average Bonchev–Trinajstić information content (AvgIpc) is 2.18. The molecule has 0 saturated carbocycles. The van der Waals surface area contributed by atoms with Crippen LogP contribution >= 0.6 is 0 Å². The lowest BCUT2D eigenvalue weighted by atomic mass is 10.2. The Morgan fingerprint density at radius 2 is 2.08 bits per heavy atom. The van der Waals surface area contributed by atoms with E-state index in [0.717, 1.165) is 18.9 Å². The van der Waals surface area contributed by atoms with E-state index in [1.54, 1.807) is 14.2 Å². The molecule has 1 atom stereocenters. The molecule has 1 rings (SSSR count). The highest BCUT2D eigenvalue weighted by molar-refractivity contribution is 6.60. The molecule has 1 aliphatic heterocycles. The normalized spacial score (nSPS) is 28.8. The van der Waals surface area contributed by atoms with E-state index < -0.39 is 8.80 Å². The molecule has 0 aromatic heterocycles. The van der Waals surface area contributed by atoms with Gasteiger partial charge in [0.15, 0.2) is 0 Å². The Kier molecular flexibility index (Phi) is 3.70. The molecule has 1 unspecified atom stereocenters. The number of hydrogen-bond acceptors (Lipinski definition) is 3. The minimum atomic E-state index is -2.21. The zero-order chi connectivity index (χ0) is 9.03. The SMILES string of the molecule is CCC1CCC[Si](OC)(OC)O1. The molecule has 12 heavy (non-hydrogen) atoms. The molecule has 1 heterocycles. The molecule has 1 aliphatic rings. The third-order valence-electron chi connectivity index (χ3n) is 2.43. The summed E-state index contributed by atoms with van der Waals surface area (Å²) in [5.74, 6) is 0. The Bertz CT molecular complexity index is 136. The predicted molar refractivity (Wildman–Crippen MR) is 49.0 cm³/mol. The Hall–Kier alpha value is 0.0969. The molecule has 0 radical (unpaired) electrons. The van der Waals surface area contributed by atoms with Gasteiger partial charge in [0.05, 0.1) is 0 Å². The summed E-state index contributed by atoms with van der Waals surface area (Å²) in [6.07, 6.45) is 3.73. The zero-order valence-electron chi connectivity index (χ0n) is 8.13. The van der Waals surface area contributed by atoms with Crippen molar-refractivity contribution in [3.8, 4) is 0 Å². The van der Waals surface area contributed by atoms with Crippen molar-refractivity contribution in [3.05, 3.63) is 0 Å². The van der Waals surface area contributed by atoms with Crippen LogP contribution < -0.4 is 0 Å². The van der Waals surface area contributed by atoms with Gasteiger partial charge in [0.2, 0.25) is 0 Å². The van der Waals surface area contributed by atoms with Crippen LogP contribution in [-0.2, 0) is 13.3 Å². The average molecular weight is 190 g/mol. The van der Waals surface area contributed by atoms with Gasteiger partial charge in [-0.1, -0.05) is 6.92 Å². The summed E-state index contributed by atoms with van der Waals surface area (Å²) in [7, 11) is 1.16. The van der Waals surface area contributed by atoms with Crippen LogP contribution in [0.5, 0.6) is 0 Å². The molecule has 0 aromatic rings.